The van der Waals surface area contributed by atoms with Gasteiger partial charge < -0.3 is 5.32 Å². The summed E-state index contributed by atoms with van der Waals surface area (Å²) in [6, 6.07) is 3.68. The van der Waals surface area contributed by atoms with Gasteiger partial charge in [0.1, 0.15) is 5.82 Å². The van der Waals surface area contributed by atoms with E-state index in [0.29, 0.717) is 5.56 Å². The Morgan fingerprint density at radius 1 is 1.26 bits per heavy atom. The smallest absolute Gasteiger partial charge is 0.171 e. The summed E-state index contributed by atoms with van der Waals surface area (Å²) in [6.45, 7) is 8.89. The van der Waals surface area contributed by atoms with E-state index in [9.17, 15) is 4.79 Å². The van der Waals surface area contributed by atoms with Crippen molar-refractivity contribution in [1.82, 2.24) is 4.98 Å². The molecule has 1 aromatic heterocycles. The Balaban J connectivity index is 2.66. The van der Waals surface area contributed by atoms with Crippen LogP contribution in [0, 0.1) is 5.41 Å². The number of anilines is 1. The fourth-order valence-corrected chi connectivity index (χ4v) is 1.89. The van der Waals surface area contributed by atoms with Crippen molar-refractivity contribution >= 4 is 11.6 Å². The van der Waals surface area contributed by atoms with Crippen LogP contribution in [0.1, 0.15) is 63.7 Å². The first-order valence-electron chi connectivity index (χ1n) is 7.20. The van der Waals surface area contributed by atoms with E-state index in [0.717, 1.165) is 18.8 Å². The van der Waals surface area contributed by atoms with Gasteiger partial charge in [-0.15, -0.1) is 0 Å². The monoisotopic (exact) mass is 262 g/mol. The highest BCUT2D eigenvalue weighted by Gasteiger charge is 2.25. The van der Waals surface area contributed by atoms with Gasteiger partial charge in [-0.05, 0) is 18.6 Å². The molecular formula is C16H26N2O. The van der Waals surface area contributed by atoms with E-state index in [1.54, 1.807) is 6.20 Å². The predicted molar refractivity (Wildman–Crippen MR) is 80.7 cm³/mol. The van der Waals surface area contributed by atoms with Gasteiger partial charge in [-0.3, -0.25) is 4.79 Å². The Labute approximate surface area is 116 Å². The Morgan fingerprint density at radius 3 is 2.63 bits per heavy atom. The molecule has 0 aromatic carbocycles. The summed E-state index contributed by atoms with van der Waals surface area (Å²) in [5.41, 5.74) is 0.326. The molecule has 0 unspecified atom stereocenters. The molecule has 19 heavy (non-hydrogen) atoms. The van der Waals surface area contributed by atoms with Gasteiger partial charge in [0.2, 0.25) is 0 Å². The molecule has 1 heterocycles. The van der Waals surface area contributed by atoms with E-state index in [1.165, 1.54) is 19.3 Å². The van der Waals surface area contributed by atoms with E-state index >= 15 is 0 Å². The van der Waals surface area contributed by atoms with Crippen LogP contribution in [0.4, 0.5) is 5.82 Å². The number of unbranched alkanes of at least 4 members (excludes halogenated alkanes) is 3. The van der Waals surface area contributed by atoms with Crippen LogP contribution < -0.4 is 5.32 Å². The number of aromatic nitrogens is 1. The summed E-state index contributed by atoms with van der Waals surface area (Å²) in [5, 5.41) is 3.29. The zero-order chi connectivity index (χ0) is 14.3. The number of hydrogen-bond acceptors (Lipinski definition) is 3. The summed E-state index contributed by atoms with van der Waals surface area (Å²) in [5.74, 6) is 0.857. The number of carbonyl (C=O) groups is 1. The highest BCUT2D eigenvalue weighted by atomic mass is 16.1. The topological polar surface area (TPSA) is 42.0 Å². The lowest BCUT2D eigenvalue weighted by molar-refractivity contribution is 0.0859. The molecule has 0 radical (unpaired) electrons. The van der Waals surface area contributed by atoms with Crippen molar-refractivity contribution in [2.45, 2.75) is 53.4 Å². The molecule has 0 fully saturated rings. The lowest BCUT2D eigenvalue weighted by Gasteiger charge is -2.18. The SMILES string of the molecule is CCCCCCNc1ncccc1C(=O)C(C)(C)C. The van der Waals surface area contributed by atoms with Crippen LogP contribution in [0.15, 0.2) is 18.3 Å². The standard InChI is InChI=1S/C16H26N2O/c1-5-6-7-8-11-17-15-13(10-9-12-18-15)14(19)16(2,3)4/h9-10,12H,5-8,11H2,1-4H3,(H,17,18). The van der Waals surface area contributed by atoms with Gasteiger partial charge in [0.15, 0.2) is 5.78 Å². The first kappa shape index (κ1) is 15.7. The maximum atomic E-state index is 12.3. The van der Waals surface area contributed by atoms with Gasteiger partial charge in [0, 0.05) is 18.2 Å². The lowest BCUT2D eigenvalue weighted by atomic mass is 9.87. The molecule has 0 amide bonds. The van der Waals surface area contributed by atoms with Gasteiger partial charge in [-0.25, -0.2) is 4.98 Å². The third-order valence-electron chi connectivity index (χ3n) is 3.06. The molecule has 0 aliphatic rings. The highest BCUT2D eigenvalue weighted by Crippen LogP contribution is 2.24. The summed E-state index contributed by atoms with van der Waals surface area (Å²) in [7, 11) is 0. The molecular weight excluding hydrogens is 236 g/mol. The molecule has 0 spiro atoms. The number of carbonyl (C=O) groups excluding carboxylic acids is 1. The van der Waals surface area contributed by atoms with Crippen molar-refractivity contribution < 1.29 is 4.79 Å². The van der Waals surface area contributed by atoms with Crippen molar-refractivity contribution in [1.29, 1.82) is 0 Å². The molecule has 0 saturated heterocycles. The van der Waals surface area contributed by atoms with E-state index in [1.807, 2.05) is 32.9 Å². The molecule has 0 aliphatic carbocycles. The first-order valence-corrected chi connectivity index (χ1v) is 7.20. The minimum atomic E-state index is -0.373. The van der Waals surface area contributed by atoms with E-state index in [-0.39, 0.29) is 11.2 Å². The van der Waals surface area contributed by atoms with Crippen molar-refractivity contribution in [2.24, 2.45) is 5.41 Å². The van der Waals surface area contributed by atoms with Crippen LogP contribution in [0.3, 0.4) is 0 Å². The Morgan fingerprint density at radius 2 is 2.00 bits per heavy atom. The minimum absolute atomic E-state index is 0.136. The van der Waals surface area contributed by atoms with Gasteiger partial charge in [0.25, 0.3) is 0 Å². The summed E-state index contributed by atoms with van der Waals surface area (Å²) in [6.07, 6.45) is 6.56. The van der Waals surface area contributed by atoms with Crippen molar-refractivity contribution in [3.63, 3.8) is 0 Å². The predicted octanol–water partition coefficient (Wildman–Crippen LogP) is 4.30. The van der Waals surface area contributed by atoms with Gasteiger partial charge >= 0.3 is 0 Å². The largest absolute Gasteiger partial charge is 0.369 e. The number of nitrogens with one attached hydrogen (secondary N) is 1. The quantitative estimate of drug-likeness (QED) is 0.588. The van der Waals surface area contributed by atoms with Crippen LogP contribution in [-0.4, -0.2) is 17.3 Å². The van der Waals surface area contributed by atoms with Crippen LogP contribution in [0.25, 0.3) is 0 Å². The van der Waals surface area contributed by atoms with Crippen LogP contribution >= 0.6 is 0 Å². The normalized spacial score (nSPS) is 11.4. The third kappa shape index (κ3) is 5.01. The minimum Gasteiger partial charge on any atom is -0.369 e. The Hall–Kier alpha value is -1.38. The average molecular weight is 262 g/mol. The van der Waals surface area contributed by atoms with Crippen molar-refractivity contribution in [2.75, 3.05) is 11.9 Å². The van der Waals surface area contributed by atoms with Crippen molar-refractivity contribution in [3.05, 3.63) is 23.9 Å². The molecule has 106 valence electrons. The second kappa shape index (κ2) is 7.27. The van der Waals surface area contributed by atoms with Crippen LogP contribution in [-0.2, 0) is 0 Å². The fourth-order valence-electron chi connectivity index (χ4n) is 1.89. The molecule has 0 bridgehead atoms. The van der Waals surface area contributed by atoms with Crippen LogP contribution in [0.5, 0.6) is 0 Å². The number of nitrogens with zero attached hydrogens (tertiary/aromatic N) is 1. The van der Waals surface area contributed by atoms with E-state index in [4.69, 9.17) is 0 Å². The Kier molecular flexibility index (Phi) is 6.00. The van der Waals surface area contributed by atoms with Gasteiger partial charge in [-0.1, -0.05) is 47.0 Å². The number of ketones is 1. The third-order valence-corrected chi connectivity index (χ3v) is 3.06. The number of pyridine rings is 1. The number of Topliss-reactive ketones (excluding diaryl/α,β-unsaturated/α-hetero) is 1. The molecule has 1 aromatic rings. The second-order valence-electron chi connectivity index (χ2n) is 5.97. The highest BCUT2D eigenvalue weighted by molar-refractivity contribution is 6.03. The zero-order valence-corrected chi connectivity index (χ0v) is 12.6. The van der Waals surface area contributed by atoms with Gasteiger partial charge in [0.05, 0.1) is 5.56 Å². The van der Waals surface area contributed by atoms with Crippen molar-refractivity contribution in [3.8, 4) is 0 Å². The number of hydrogen-bond donors (Lipinski definition) is 1. The molecule has 0 saturated carbocycles. The maximum absolute atomic E-state index is 12.3. The summed E-state index contributed by atoms with van der Waals surface area (Å²) < 4.78 is 0. The zero-order valence-electron chi connectivity index (χ0n) is 12.6. The Bertz CT molecular complexity index is 407. The van der Waals surface area contributed by atoms with E-state index in [2.05, 4.69) is 17.2 Å². The summed E-state index contributed by atoms with van der Waals surface area (Å²) >= 11 is 0. The lowest BCUT2D eigenvalue weighted by Crippen LogP contribution is -2.22. The maximum Gasteiger partial charge on any atom is 0.171 e. The fraction of sp³-hybridized carbons (Fsp3) is 0.625. The molecule has 3 nitrogen and oxygen atoms in total. The van der Waals surface area contributed by atoms with Crippen LogP contribution in [0.2, 0.25) is 0 Å². The first-order chi connectivity index (χ1) is 8.96. The average Bonchev–Trinajstić information content (AvgIpc) is 2.37. The summed E-state index contributed by atoms with van der Waals surface area (Å²) in [4.78, 5) is 16.6. The molecule has 3 heteroatoms. The van der Waals surface area contributed by atoms with E-state index < -0.39 is 0 Å². The molecule has 0 atom stereocenters. The van der Waals surface area contributed by atoms with Gasteiger partial charge in [-0.2, -0.15) is 0 Å². The molecule has 1 rings (SSSR count). The number of rotatable bonds is 7. The molecule has 1 N–H and O–H groups in total. The molecule has 0 aliphatic heterocycles. The second-order valence-corrected chi connectivity index (χ2v) is 5.97.